The van der Waals surface area contributed by atoms with Crippen molar-refractivity contribution in [1.82, 2.24) is 9.88 Å². The van der Waals surface area contributed by atoms with E-state index in [1.165, 1.54) is 17.2 Å². The van der Waals surface area contributed by atoms with Gasteiger partial charge < -0.3 is 20.6 Å². The Bertz CT molecular complexity index is 1170. The van der Waals surface area contributed by atoms with Crippen LogP contribution in [0, 0.1) is 23.2 Å². The number of pyridine rings is 1. The maximum atomic E-state index is 12.4. The maximum Gasteiger partial charge on any atom is 0.275 e. The number of aromatic nitrogens is 1. The number of amides is 1. The van der Waals surface area contributed by atoms with E-state index in [2.05, 4.69) is 34.4 Å². The summed E-state index contributed by atoms with van der Waals surface area (Å²) in [5, 5.41) is 16.6. The van der Waals surface area contributed by atoms with Crippen molar-refractivity contribution in [3.05, 3.63) is 38.4 Å². The third kappa shape index (κ3) is 4.07. The number of hydrogen-bond donors (Lipinski definition) is 3. The fourth-order valence-corrected chi connectivity index (χ4v) is 4.14. The third-order valence-corrected chi connectivity index (χ3v) is 6.44. The van der Waals surface area contributed by atoms with E-state index in [0.717, 1.165) is 38.5 Å². The number of carbonyl (C=O) groups is 1. The van der Waals surface area contributed by atoms with E-state index in [1.807, 2.05) is 0 Å². The number of nitrogens with zero attached hydrogens (tertiary/aromatic N) is 2. The van der Waals surface area contributed by atoms with Crippen LogP contribution >= 0.6 is 0 Å². The normalized spacial score (nSPS) is 18.0. The summed E-state index contributed by atoms with van der Waals surface area (Å²) in [6.07, 6.45) is 7.82. The molecule has 32 heavy (non-hydrogen) atoms. The van der Waals surface area contributed by atoms with Gasteiger partial charge in [-0.15, -0.1) is 0 Å². The van der Waals surface area contributed by atoms with Crippen LogP contribution in [0.15, 0.2) is 21.9 Å². The van der Waals surface area contributed by atoms with Gasteiger partial charge in [-0.1, -0.05) is 31.6 Å². The van der Waals surface area contributed by atoms with E-state index in [9.17, 15) is 19.5 Å². The molecular weight excluding hydrogens is 408 g/mol. The third-order valence-electron chi connectivity index (χ3n) is 6.44. The number of nitrogens with one attached hydrogen (secondary N) is 2. The summed E-state index contributed by atoms with van der Waals surface area (Å²) in [7, 11) is 3.10. The van der Waals surface area contributed by atoms with Crippen LogP contribution in [-0.2, 0) is 0 Å². The van der Waals surface area contributed by atoms with Gasteiger partial charge in [-0.05, 0) is 37.2 Å². The molecule has 1 aromatic carbocycles. The Morgan fingerprint density at radius 3 is 2.50 bits per heavy atom. The molecule has 2 aliphatic carbocycles. The second-order valence-corrected chi connectivity index (χ2v) is 9.29. The van der Waals surface area contributed by atoms with Crippen molar-refractivity contribution in [2.24, 2.45) is 11.3 Å². The first kappa shape index (κ1) is 21.9. The van der Waals surface area contributed by atoms with E-state index in [0.29, 0.717) is 5.92 Å². The van der Waals surface area contributed by atoms with E-state index >= 15 is 0 Å². The topological polar surface area (TPSA) is 112 Å². The van der Waals surface area contributed by atoms with Gasteiger partial charge in [0.2, 0.25) is 0 Å². The lowest BCUT2D eigenvalue weighted by molar-refractivity contribution is 0.0819. The highest BCUT2D eigenvalue weighted by atomic mass is 16.3. The fourth-order valence-electron chi connectivity index (χ4n) is 4.14. The van der Waals surface area contributed by atoms with Gasteiger partial charge in [0.25, 0.3) is 16.8 Å². The number of carbonyl (C=O) groups excluding carboxylic acids is 1. The van der Waals surface area contributed by atoms with Gasteiger partial charge in [0, 0.05) is 26.2 Å². The summed E-state index contributed by atoms with van der Waals surface area (Å²) in [4.78, 5) is 42.3. The van der Waals surface area contributed by atoms with Crippen LogP contribution in [0.5, 0.6) is 5.75 Å². The Kier molecular flexibility index (Phi) is 5.68. The number of hydrogen-bond acceptors (Lipinski definition) is 7. The van der Waals surface area contributed by atoms with Crippen molar-refractivity contribution in [3.63, 3.8) is 0 Å². The second-order valence-electron chi connectivity index (χ2n) is 9.29. The Balaban J connectivity index is 1.62. The van der Waals surface area contributed by atoms with Crippen LogP contribution in [0.2, 0.25) is 0 Å². The lowest BCUT2D eigenvalue weighted by Crippen LogP contribution is -2.43. The standard InChI is InChI=1S/C24H28N4O4/c1-24(11-4-5-12-24)16(9-8-14-6-7-14)27-18-17(21(30)22(18)31)26-15-10-13-25-19(20(15)29)23(32)28(2)3/h10,13-14,16,27,29H,4-7,11-12H2,1-3H3,(H,25,26)/t16-/m0/s1. The minimum absolute atomic E-state index is 0.0690. The zero-order chi connectivity index (χ0) is 23.0. The van der Waals surface area contributed by atoms with Crippen molar-refractivity contribution < 1.29 is 9.90 Å². The predicted octanol–water partition coefficient (Wildman–Crippen LogP) is 2.60. The molecule has 1 aromatic heterocycles. The minimum Gasteiger partial charge on any atom is -0.504 e. The highest BCUT2D eigenvalue weighted by molar-refractivity contribution is 5.97. The van der Waals surface area contributed by atoms with Gasteiger partial charge in [0.15, 0.2) is 11.4 Å². The summed E-state index contributed by atoms with van der Waals surface area (Å²) in [5.41, 5.74) is -1.12. The average molecular weight is 437 g/mol. The summed E-state index contributed by atoms with van der Waals surface area (Å²) >= 11 is 0. The SMILES string of the molecule is CN(C)C(=O)c1nccc(Nc2c(N[C@@H](C#CC3CC3)C3(C)CCCC3)c(=O)c2=O)c1O. The molecule has 2 aliphatic rings. The largest absolute Gasteiger partial charge is 0.504 e. The molecule has 1 atom stereocenters. The van der Waals surface area contributed by atoms with Crippen LogP contribution in [0.1, 0.15) is 55.9 Å². The quantitative estimate of drug-likeness (QED) is 0.471. The molecule has 0 radical (unpaired) electrons. The molecule has 8 nitrogen and oxygen atoms in total. The predicted molar refractivity (Wildman–Crippen MR) is 123 cm³/mol. The Hall–Kier alpha value is -3.34. The summed E-state index contributed by atoms with van der Waals surface area (Å²) < 4.78 is 0. The Labute approximate surface area is 186 Å². The molecule has 168 valence electrons. The molecule has 2 fully saturated rings. The summed E-state index contributed by atoms with van der Waals surface area (Å²) in [6, 6.07) is 1.21. The number of anilines is 3. The molecule has 1 heterocycles. The highest BCUT2D eigenvalue weighted by Crippen LogP contribution is 2.42. The zero-order valence-corrected chi connectivity index (χ0v) is 18.6. The molecule has 0 spiro atoms. The van der Waals surface area contributed by atoms with Crippen LogP contribution in [0.25, 0.3) is 0 Å². The molecule has 0 saturated heterocycles. The minimum atomic E-state index is -0.672. The van der Waals surface area contributed by atoms with Gasteiger partial charge in [0.05, 0.1) is 11.7 Å². The molecule has 4 rings (SSSR count). The van der Waals surface area contributed by atoms with Gasteiger partial charge in [-0.2, -0.15) is 0 Å². The fraction of sp³-hybridized carbons (Fsp3) is 0.500. The summed E-state index contributed by atoms with van der Waals surface area (Å²) in [5.74, 6) is 6.21. The van der Waals surface area contributed by atoms with Crippen LogP contribution in [-0.4, -0.2) is 41.0 Å². The molecular formula is C24H28N4O4. The molecule has 0 bridgehead atoms. The smallest absolute Gasteiger partial charge is 0.275 e. The summed E-state index contributed by atoms with van der Waals surface area (Å²) in [6.45, 7) is 2.17. The first-order chi connectivity index (χ1) is 15.2. The van der Waals surface area contributed by atoms with Crippen molar-refractivity contribution in [2.45, 2.75) is 51.5 Å². The van der Waals surface area contributed by atoms with Gasteiger partial charge in [0.1, 0.15) is 11.4 Å². The molecule has 2 aromatic rings. The van der Waals surface area contributed by atoms with Crippen molar-refractivity contribution >= 4 is 23.0 Å². The zero-order valence-electron chi connectivity index (χ0n) is 18.6. The Morgan fingerprint density at radius 1 is 1.22 bits per heavy atom. The van der Waals surface area contributed by atoms with Gasteiger partial charge in [-0.3, -0.25) is 14.4 Å². The lowest BCUT2D eigenvalue weighted by atomic mass is 9.80. The highest BCUT2D eigenvalue weighted by Gasteiger charge is 2.38. The van der Waals surface area contributed by atoms with E-state index < -0.39 is 16.8 Å². The lowest BCUT2D eigenvalue weighted by Gasteiger charge is -2.32. The van der Waals surface area contributed by atoms with Crippen LogP contribution in [0.4, 0.5) is 17.1 Å². The first-order valence-corrected chi connectivity index (χ1v) is 11.0. The number of rotatable bonds is 6. The van der Waals surface area contributed by atoms with Gasteiger partial charge >= 0.3 is 0 Å². The molecule has 1 amide bonds. The van der Waals surface area contributed by atoms with Crippen LogP contribution < -0.4 is 21.5 Å². The Morgan fingerprint density at radius 2 is 1.88 bits per heavy atom. The van der Waals surface area contributed by atoms with Crippen LogP contribution in [0.3, 0.4) is 0 Å². The molecule has 0 aliphatic heterocycles. The second kappa shape index (κ2) is 8.30. The molecule has 2 saturated carbocycles. The van der Waals surface area contributed by atoms with Crippen molar-refractivity contribution in [1.29, 1.82) is 0 Å². The maximum absolute atomic E-state index is 12.4. The molecule has 8 heteroatoms. The van der Waals surface area contributed by atoms with Crippen molar-refractivity contribution in [2.75, 3.05) is 24.7 Å². The van der Waals surface area contributed by atoms with E-state index in [4.69, 9.17) is 0 Å². The van der Waals surface area contributed by atoms with E-state index in [1.54, 1.807) is 14.1 Å². The first-order valence-electron chi connectivity index (χ1n) is 11.0. The monoisotopic (exact) mass is 436 g/mol. The average Bonchev–Trinajstić information content (AvgIpc) is 3.50. The molecule has 3 N–H and O–H groups in total. The van der Waals surface area contributed by atoms with Gasteiger partial charge in [-0.25, -0.2) is 4.98 Å². The number of aromatic hydroxyl groups is 1. The molecule has 0 unspecified atom stereocenters. The van der Waals surface area contributed by atoms with Crippen molar-refractivity contribution in [3.8, 4) is 17.6 Å². The van der Waals surface area contributed by atoms with E-state index in [-0.39, 0.29) is 40.0 Å².